The SMILES string of the molecule is Cn1cnc2c(CN3CC4CC(C3)N4C(=O)OC(C)(C)C)cccc21. The van der Waals surface area contributed by atoms with Crippen LogP contribution in [0.4, 0.5) is 4.79 Å². The number of carbonyl (C=O) groups is 1. The standard InChI is InChI=1S/C19H26N4O2/c1-19(2,3)25-18(24)23-14-8-15(23)11-22(10-14)9-13-6-5-7-16-17(13)20-12-21(16)4/h5-7,12,14-15H,8-11H2,1-4H3. The summed E-state index contributed by atoms with van der Waals surface area (Å²) in [6, 6.07) is 6.90. The van der Waals surface area contributed by atoms with E-state index < -0.39 is 5.60 Å². The molecule has 0 aliphatic carbocycles. The fraction of sp³-hybridized carbons (Fsp3) is 0.579. The highest BCUT2D eigenvalue weighted by molar-refractivity contribution is 5.78. The molecule has 1 aromatic heterocycles. The number of nitrogens with zero attached hydrogens (tertiary/aromatic N) is 4. The molecule has 1 amide bonds. The van der Waals surface area contributed by atoms with Crippen molar-refractivity contribution in [3.8, 4) is 0 Å². The van der Waals surface area contributed by atoms with Crippen molar-refractivity contribution < 1.29 is 9.53 Å². The van der Waals surface area contributed by atoms with Gasteiger partial charge in [0.1, 0.15) is 5.60 Å². The Balaban J connectivity index is 1.43. The summed E-state index contributed by atoms with van der Waals surface area (Å²) in [6.45, 7) is 8.43. The summed E-state index contributed by atoms with van der Waals surface area (Å²) in [5, 5.41) is 0. The molecule has 1 aromatic carbocycles. The van der Waals surface area contributed by atoms with Crippen LogP contribution >= 0.6 is 0 Å². The van der Waals surface area contributed by atoms with Crippen LogP contribution in [0, 0.1) is 0 Å². The van der Waals surface area contributed by atoms with Crippen LogP contribution in [0.15, 0.2) is 24.5 Å². The number of piperidine rings is 1. The van der Waals surface area contributed by atoms with Gasteiger partial charge in [-0.05, 0) is 38.8 Å². The highest BCUT2D eigenvalue weighted by atomic mass is 16.6. The number of aromatic nitrogens is 2. The number of para-hydroxylation sites is 1. The van der Waals surface area contributed by atoms with Crippen molar-refractivity contribution in [2.45, 2.75) is 51.4 Å². The number of hydrogen-bond donors (Lipinski definition) is 0. The molecular formula is C19H26N4O2. The normalized spacial score (nSPS) is 23.6. The lowest BCUT2D eigenvalue weighted by Gasteiger charge is -2.55. The number of rotatable bonds is 2. The van der Waals surface area contributed by atoms with E-state index in [4.69, 9.17) is 4.74 Å². The third-order valence-corrected chi connectivity index (χ3v) is 5.11. The molecule has 2 unspecified atom stereocenters. The minimum atomic E-state index is -0.435. The first-order valence-electron chi connectivity index (χ1n) is 8.94. The summed E-state index contributed by atoms with van der Waals surface area (Å²) in [7, 11) is 2.02. The van der Waals surface area contributed by atoms with Gasteiger partial charge in [-0.25, -0.2) is 9.78 Å². The van der Waals surface area contributed by atoms with Gasteiger partial charge in [-0.2, -0.15) is 0 Å². The third kappa shape index (κ3) is 2.99. The first kappa shape index (κ1) is 16.4. The Hall–Kier alpha value is -2.08. The zero-order valence-electron chi connectivity index (χ0n) is 15.4. The van der Waals surface area contributed by atoms with Gasteiger partial charge in [0.25, 0.3) is 0 Å². The second-order valence-electron chi connectivity index (χ2n) is 8.27. The zero-order chi connectivity index (χ0) is 17.8. The summed E-state index contributed by atoms with van der Waals surface area (Å²) < 4.78 is 7.60. The van der Waals surface area contributed by atoms with E-state index in [0.29, 0.717) is 0 Å². The average molecular weight is 342 g/mol. The van der Waals surface area contributed by atoms with E-state index in [1.54, 1.807) is 0 Å². The maximum Gasteiger partial charge on any atom is 0.410 e. The molecule has 25 heavy (non-hydrogen) atoms. The van der Waals surface area contributed by atoms with Gasteiger partial charge < -0.3 is 9.30 Å². The van der Waals surface area contributed by atoms with E-state index >= 15 is 0 Å². The monoisotopic (exact) mass is 342 g/mol. The second-order valence-corrected chi connectivity index (χ2v) is 8.27. The van der Waals surface area contributed by atoms with Crippen molar-refractivity contribution in [3.63, 3.8) is 0 Å². The van der Waals surface area contributed by atoms with Gasteiger partial charge in [0.15, 0.2) is 0 Å². The van der Waals surface area contributed by atoms with Gasteiger partial charge in [-0.3, -0.25) is 9.80 Å². The molecule has 0 radical (unpaired) electrons. The van der Waals surface area contributed by atoms with Gasteiger partial charge in [-0.15, -0.1) is 0 Å². The highest BCUT2D eigenvalue weighted by Gasteiger charge is 2.48. The van der Waals surface area contributed by atoms with E-state index in [9.17, 15) is 4.79 Å². The molecule has 2 bridgehead atoms. The number of ether oxygens (including phenoxy) is 1. The molecule has 4 heterocycles. The molecule has 3 aliphatic rings. The topological polar surface area (TPSA) is 50.6 Å². The van der Waals surface area contributed by atoms with E-state index in [1.807, 2.05) is 39.0 Å². The maximum absolute atomic E-state index is 12.4. The van der Waals surface area contributed by atoms with Gasteiger partial charge >= 0.3 is 6.09 Å². The largest absolute Gasteiger partial charge is 0.444 e. The quantitative estimate of drug-likeness (QED) is 0.842. The third-order valence-electron chi connectivity index (χ3n) is 5.11. The number of fused-ring (bicyclic) bond motifs is 3. The molecule has 6 nitrogen and oxygen atoms in total. The summed E-state index contributed by atoms with van der Waals surface area (Å²) in [5.74, 6) is 0. The molecule has 3 saturated heterocycles. The lowest BCUT2D eigenvalue weighted by Crippen LogP contribution is -2.70. The van der Waals surface area contributed by atoms with Crippen molar-refractivity contribution >= 4 is 17.1 Å². The molecule has 0 saturated carbocycles. The first-order chi connectivity index (χ1) is 11.8. The van der Waals surface area contributed by atoms with Crippen molar-refractivity contribution in [2.75, 3.05) is 13.1 Å². The Bertz CT molecular complexity index is 795. The summed E-state index contributed by atoms with van der Waals surface area (Å²) in [5.41, 5.74) is 3.06. The number of carbonyl (C=O) groups excluding carboxylic acids is 1. The van der Waals surface area contributed by atoms with Crippen molar-refractivity contribution in [2.24, 2.45) is 7.05 Å². The fourth-order valence-corrected chi connectivity index (χ4v) is 4.03. The lowest BCUT2D eigenvalue weighted by molar-refractivity contribution is -0.0781. The van der Waals surface area contributed by atoms with Gasteiger partial charge in [0, 0.05) is 26.7 Å². The van der Waals surface area contributed by atoms with Crippen LogP contribution < -0.4 is 0 Å². The molecule has 0 spiro atoms. The molecule has 6 heteroatoms. The van der Waals surface area contributed by atoms with Crippen molar-refractivity contribution in [1.82, 2.24) is 19.4 Å². The fourth-order valence-electron chi connectivity index (χ4n) is 4.03. The summed E-state index contributed by atoms with van der Waals surface area (Å²) >= 11 is 0. The predicted octanol–water partition coefficient (Wildman–Crippen LogP) is 2.77. The van der Waals surface area contributed by atoms with Gasteiger partial charge in [0.05, 0.1) is 29.4 Å². The molecule has 5 rings (SSSR count). The summed E-state index contributed by atoms with van der Waals surface area (Å²) in [6.07, 6.45) is 2.79. The minimum Gasteiger partial charge on any atom is -0.444 e. The smallest absolute Gasteiger partial charge is 0.410 e. The number of aryl methyl sites for hydroxylation is 1. The first-order valence-corrected chi connectivity index (χ1v) is 8.94. The van der Waals surface area contributed by atoms with E-state index in [2.05, 4.69) is 32.7 Å². The predicted molar refractivity (Wildman–Crippen MR) is 96.3 cm³/mol. The van der Waals surface area contributed by atoms with Crippen LogP contribution in [0.2, 0.25) is 0 Å². The Morgan fingerprint density at radius 3 is 2.68 bits per heavy atom. The van der Waals surface area contributed by atoms with Crippen LogP contribution in [0.25, 0.3) is 11.0 Å². The highest BCUT2D eigenvalue weighted by Crippen LogP contribution is 2.34. The molecule has 134 valence electrons. The number of hydrogen-bond acceptors (Lipinski definition) is 4. The molecule has 2 atom stereocenters. The number of piperazine rings is 1. The molecule has 3 fully saturated rings. The molecular weight excluding hydrogens is 316 g/mol. The van der Waals surface area contributed by atoms with Crippen LogP contribution in [0.1, 0.15) is 32.8 Å². The average Bonchev–Trinajstić information content (AvgIpc) is 2.88. The Morgan fingerprint density at radius 2 is 2.00 bits per heavy atom. The number of amides is 1. The zero-order valence-corrected chi connectivity index (χ0v) is 15.4. The Kier molecular flexibility index (Phi) is 3.76. The van der Waals surface area contributed by atoms with E-state index in [0.717, 1.165) is 37.1 Å². The second kappa shape index (κ2) is 5.73. The van der Waals surface area contributed by atoms with Crippen molar-refractivity contribution in [1.29, 1.82) is 0 Å². The van der Waals surface area contributed by atoms with Gasteiger partial charge in [-0.1, -0.05) is 12.1 Å². The number of imidazole rings is 1. The van der Waals surface area contributed by atoms with Gasteiger partial charge in [0.2, 0.25) is 0 Å². The van der Waals surface area contributed by atoms with Crippen LogP contribution in [-0.2, 0) is 18.3 Å². The Morgan fingerprint density at radius 1 is 1.28 bits per heavy atom. The minimum absolute atomic E-state index is 0.166. The van der Waals surface area contributed by atoms with Crippen molar-refractivity contribution in [3.05, 3.63) is 30.1 Å². The van der Waals surface area contributed by atoms with E-state index in [1.165, 1.54) is 5.56 Å². The molecule has 3 aliphatic heterocycles. The Labute approximate surface area is 148 Å². The van der Waals surface area contributed by atoms with Crippen LogP contribution in [0.5, 0.6) is 0 Å². The molecule has 0 N–H and O–H groups in total. The van der Waals surface area contributed by atoms with Crippen LogP contribution in [-0.4, -0.2) is 56.2 Å². The number of benzene rings is 1. The van der Waals surface area contributed by atoms with Crippen LogP contribution in [0.3, 0.4) is 0 Å². The lowest BCUT2D eigenvalue weighted by atomic mass is 9.87. The maximum atomic E-state index is 12.4. The summed E-state index contributed by atoms with van der Waals surface area (Å²) in [4.78, 5) is 21.3. The molecule has 2 aromatic rings. The van der Waals surface area contributed by atoms with E-state index in [-0.39, 0.29) is 18.2 Å².